The first-order chi connectivity index (χ1) is 34.7. The van der Waals surface area contributed by atoms with E-state index in [4.69, 9.17) is 16.3 Å². The van der Waals surface area contributed by atoms with Crippen LogP contribution in [0.2, 0.25) is 5.02 Å². The van der Waals surface area contributed by atoms with Crippen LogP contribution in [0.1, 0.15) is 71.7 Å². The Balaban J connectivity index is 1.35. The zero-order chi connectivity index (χ0) is 55.1. The van der Waals surface area contributed by atoms with Gasteiger partial charge in [0.15, 0.2) is 21.3 Å². The lowest BCUT2D eigenvalue weighted by atomic mass is 9.93. The van der Waals surface area contributed by atoms with Crippen LogP contribution in [-0.2, 0) is 67.5 Å². The maximum Gasteiger partial charge on any atom is 0.435 e. The van der Waals surface area contributed by atoms with E-state index in [1.807, 2.05) is 0 Å². The van der Waals surface area contributed by atoms with Crippen molar-refractivity contribution in [3.8, 4) is 28.7 Å². The summed E-state index contributed by atoms with van der Waals surface area (Å²) in [6.45, 7) is -0.768. The van der Waals surface area contributed by atoms with Crippen molar-refractivity contribution in [3.63, 3.8) is 0 Å². The van der Waals surface area contributed by atoms with Gasteiger partial charge >= 0.3 is 12.4 Å². The summed E-state index contributed by atoms with van der Waals surface area (Å²) in [7, 11) is -7.31. The quantitative estimate of drug-likeness (QED) is 0.0820. The Bertz CT molecular complexity index is 3590. The normalized spacial score (nSPS) is 16.7. The lowest BCUT2D eigenvalue weighted by Crippen LogP contribution is -2.38. The lowest BCUT2D eigenvalue weighted by Gasteiger charge is -2.23. The summed E-state index contributed by atoms with van der Waals surface area (Å²) in [5.41, 5.74) is -5.53. The SMILES string of the molecule is COc1ccc(CC(=O)N(c2nn(CC(F)(F)F)c3c(-c4ccc(C#CC(C)(C)S(C)(=O)=O)nc4[C@H](Cc4cc(F)cc(F)c4)NC(=O)Cn4nc(C(F)(F)F)c5c4C(F)(F)[C@@H]4C[C@H]54)ccc(Cl)c23)S(C)(=O)=O)cc1. The Labute approximate surface area is 426 Å². The Hall–Kier alpha value is -6.72. The number of nitrogens with zero attached hydrogens (tertiary/aromatic N) is 6. The molecule has 0 saturated heterocycles. The summed E-state index contributed by atoms with van der Waals surface area (Å²) >= 11 is 6.71. The number of carbonyl (C=O) groups excluding carboxylic acids is 2. The molecule has 1 saturated carbocycles. The van der Waals surface area contributed by atoms with Crippen LogP contribution in [0.5, 0.6) is 5.75 Å². The van der Waals surface area contributed by atoms with E-state index in [1.54, 1.807) is 0 Å². The number of sulfone groups is 1. The van der Waals surface area contributed by atoms with E-state index in [-0.39, 0.29) is 43.4 Å². The van der Waals surface area contributed by atoms with Crippen molar-refractivity contribution in [3.05, 3.63) is 123 Å². The molecule has 3 atom stereocenters. The summed E-state index contributed by atoms with van der Waals surface area (Å²) in [6.07, 6.45) is -10.5. The number of rotatable bonds is 14. The fourth-order valence-corrected chi connectivity index (χ4v) is 10.2. The average molecular weight is 1120 g/mol. The topological polar surface area (TPSA) is 175 Å². The monoisotopic (exact) mass is 1120 g/mol. The van der Waals surface area contributed by atoms with E-state index in [0.29, 0.717) is 22.8 Å². The number of benzene rings is 3. The van der Waals surface area contributed by atoms with E-state index >= 15 is 8.78 Å². The summed E-state index contributed by atoms with van der Waals surface area (Å²) in [5, 5.41) is 8.86. The standard InChI is InChI=1S/C48H40ClF10N7O7S2/c1-45(2,74(4,69)70)15-14-28-8-11-30(31-12-13-34(49)39-41(31)65(23-46(52,53)54)63-44(39)66(75(5,71)72)37(68)19-24-6-9-29(73-3)10-7-24)40(60-28)35(18-25-16-26(50)20-27(51)17-25)61-36(67)22-64-43-38(42(62-64)48(57,58)59)32-21-33(32)47(43,55)56/h6-13,16-17,20,32-33,35H,18-19,21-23H2,1-5H3,(H,61,67)/t32-,33+,35-/m0/s1. The van der Waals surface area contributed by atoms with Crippen LogP contribution in [0.15, 0.2) is 66.7 Å². The second kappa shape index (κ2) is 19.1. The molecular formula is C48H40ClF10N7O7S2. The average Bonchev–Trinajstić information content (AvgIpc) is 3.80. The van der Waals surface area contributed by atoms with Crippen LogP contribution in [-0.4, -0.2) is 83.7 Å². The lowest BCUT2D eigenvalue weighted by molar-refractivity contribution is -0.143. The molecule has 398 valence electrons. The van der Waals surface area contributed by atoms with Gasteiger partial charge in [0.25, 0.3) is 5.92 Å². The molecule has 27 heteroatoms. The van der Waals surface area contributed by atoms with Crippen LogP contribution < -0.4 is 14.4 Å². The van der Waals surface area contributed by atoms with Crippen molar-refractivity contribution in [2.75, 3.05) is 23.9 Å². The molecule has 1 fully saturated rings. The second-order valence-electron chi connectivity index (χ2n) is 18.5. The predicted molar refractivity (Wildman–Crippen MR) is 252 cm³/mol. The molecule has 0 bridgehead atoms. The van der Waals surface area contributed by atoms with Crippen LogP contribution in [0.4, 0.5) is 49.7 Å². The van der Waals surface area contributed by atoms with E-state index < -0.39 is 155 Å². The zero-order valence-electron chi connectivity index (χ0n) is 39.6. The van der Waals surface area contributed by atoms with Gasteiger partial charge in [-0.25, -0.2) is 30.6 Å². The van der Waals surface area contributed by atoms with E-state index in [1.165, 1.54) is 51.3 Å². The van der Waals surface area contributed by atoms with Crippen LogP contribution in [0.25, 0.3) is 22.0 Å². The molecule has 0 aliphatic heterocycles. The van der Waals surface area contributed by atoms with Crippen LogP contribution in [0.3, 0.4) is 0 Å². The summed E-state index contributed by atoms with van der Waals surface area (Å²) in [6, 6.07) is 10.7. The first-order valence-corrected chi connectivity index (χ1v) is 26.3. The third-order valence-corrected chi connectivity index (χ3v) is 15.9. The Morgan fingerprint density at radius 1 is 0.907 bits per heavy atom. The van der Waals surface area contributed by atoms with Crippen LogP contribution in [0, 0.1) is 29.4 Å². The molecule has 2 amide bonds. The van der Waals surface area contributed by atoms with Gasteiger partial charge in [-0.1, -0.05) is 35.7 Å². The van der Waals surface area contributed by atoms with Crippen molar-refractivity contribution in [2.24, 2.45) is 5.92 Å². The number of hydrogen-bond donors (Lipinski definition) is 1. The van der Waals surface area contributed by atoms with Gasteiger partial charge in [0.1, 0.15) is 46.6 Å². The summed E-state index contributed by atoms with van der Waals surface area (Å²) in [4.78, 5) is 32.8. The molecule has 3 aromatic heterocycles. The summed E-state index contributed by atoms with van der Waals surface area (Å²) < 4.78 is 204. The van der Waals surface area contributed by atoms with Gasteiger partial charge in [-0.05, 0) is 92.1 Å². The number of carbonyl (C=O) groups is 2. The maximum absolute atomic E-state index is 15.6. The molecule has 0 spiro atoms. The number of pyridine rings is 1. The Kier molecular flexibility index (Phi) is 13.9. The number of halogens is 11. The van der Waals surface area contributed by atoms with E-state index in [0.717, 1.165) is 36.6 Å². The van der Waals surface area contributed by atoms with Gasteiger partial charge < -0.3 is 10.1 Å². The molecule has 8 rings (SSSR count). The number of anilines is 1. The third kappa shape index (κ3) is 11.0. The Morgan fingerprint density at radius 3 is 2.13 bits per heavy atom. The van der Waals surface area contributed by atoms with Crippen molar-refractivity contribution < 1.29 is 75.1 Å². The van der Waals surface area contributed by atoms with Crippen LogP contribution >= 0.6 is 11.6 Å². The van der Waals surface area contributed by atoms with Gasteiger partial charge in [0, 0.05) is 34.9 Å². The molecule has 75 heavy (non-hydrogen) atoms. The number of fused-ring (bicyclic) bond motifs is 4. The minimum atomic E-state index is -5.22. The molecule has 1 N–H and O–H groups in total. The van der Waals surface area contributed by atoms with Gasteiger partial charge in [0.2, 0.25) is 21.8 Å². The molecule has 0 unspecified atom stereocenters. The first-order valence-electron chi connectivity index (χ1n) is 22.1. The smallest absolute Gasteiger partial charge is 0.435 e. The number of hydrogen-bond acceptors (Lipinski definition) is 10. The number of nitrogens with one attached hydrogen (secondary N) is 1. The molecule has 2 aliphatic rings. The highest BCUT2D eigenvalue weighted by Gasteiger charge is 2.68. The first kappa shape index (κ1) is 54.5. The molecule has 2 aliphatic carbocycles. The van der Waals surface area contributed by atoms with Gasteiger partial charge in [0.05, 0.1) is 47.4 Å². The molecule has 0 radical (unpaired) electrons. The number of alkyl halides is 8. The summed E-state index contributed by atoms with van der Waals surface area (Å²) in [5.74, 6) is -6.72. The minimum Gasteiger partial charge on any atom is -0.497 e. The minimum absolute atomic E-state index is 0.161. The maximum atomic E-state index is 15.6. The zero-order valence-corrected chi connectivity index (χ0v) is 42.0. The number of aromatic nitrogens is 5. The van der Waals surface area contributed by atoms with Crippen molar-refractivity contribution >= 4 is 60.0 Å². The Morgan fingerprint density at radius 2 is 1.55 bits per heavy atom. The molecular weight excluding hydrogens is 1080 g/mol. The number of methoxy groups -OCH3 is 1. The highest BCUT2D eigenvalue weighted by Crippen LogP contribution is 2.68. The fourth-order valence-electron chi connectivity index (χ4n) is 8.85. The molecule has 3 heterocycles. The van der Waals surface area contributed by atoms with Gasteiger partial charge in [-0.3, -0.25) is 19.0 Å². The highest BCUT2D eigenvalue weighted by atomic mass is 35.5. The molecule has 14 nitrogen and oxygen atoms in total. The second-order valence-corrected chi connectivity index (χ2v) is 23.3. The van der Waals surface area contributed by atoms with E-state index in [9.17, 15) is 61.5 Å². The molecule has 3 aromatic carbocycles. The predicted octanol–water partition coefficient (Wildman–Crippen LogP) is 8.84. The van der Waals surface area contributed by atoms with Crippen molar-refractivity contribution in [1.82, 2.24) is 29.9 Å². The highest BCUT2D eigenvalue weighted by molar-refractivity contribution is 7.93. The molecule has 6 aromatic rings. The third-order valence-electron chi connectivity index (χ3n) is 12.6. The van der Waals surface area contributed by atoms with Crippen molar-refractivity contribution in [1.29, 1.82) is 0 Å². The largest absolute Gasteiger partial charge is 0.497 e. The van der Waals surface area contributed by atoms with E-state index in [2.05, 4.69) is 32.3 Å². The van der Waals surface area contributed by atoms with Gasteiger partial charge in [-0.2, -0.15) is 49.6 Å². The fraction of sp³-hybridized carbons (Fsp3) is 0.354. The number of ether oxygens (including phenoxy) is 1. The number of amides is 2. The van der Waals surface area contributed by atoms with Crippen molar-refractivity contribution in [2.45, 2.75) is 81.2 Å². The van der Waals surface area contributed by atoms with Gasteiger partial charge in [-0.15, -0.1) is 0 Å². The number of sulfonamides is 1.